The molecule has 108 valence electrons. The summed E-state index contributed by atoms with van der Waals surface area (Å²) in [4.78, 5) is 0. The average Bonchev–Trinajstić information content (AvgIpc) is 2.74. The zero-order chi connectivity index (χ0) is 14.2. The summed E-state index contributed by atoms with van der Waals surface area (Å²) in [5, 5.41) is 12.2. The van der Waals surface area contributed by atoms with E-state index in [4.69, 9.17) is 10.00 Å². The van der Waals surface area contributed by atoms with E-state index in [0.29, 0.717) is 12.1 Å². The Hall–Kier alpha value is -1.53. The van der Waals surface area contributed by atoms with Gasteiger partial charge in [0.2, 0.25) is 0 Å². The molecule has 1 aromatic carbocycles. The highest BCUT2D eigenvalue weighted by molar-refractivity contribution is 5.29. The predicted molar refractivity (Wildman–Crippen MR) is 80.6 cm³/mol. The van der Waals surface area contributed by atoms with Gasteiger partial charge in [0, 0.05) is 12.1 Å². The van der Waals surface area contributed by atoms with Crippen LogP contribution >= 0.6 is 0 Å². The molecule has 1 N–H and O–H groups in total. The van der Waals surface area contributed by atoms with Crippen LogP contribution in [0.25, 0.3) is 0 Å². The monoisotopic (exact) mass is 272 g/mol. The van der Waals surface area contributed by atoms with E-state index in [1.54, 1.807) is 0 Å². The molecule has 1 aliphatic rings. The van der Waals surface area contributed by atoms with Gasteiger partial charge < -0.3 is 10.1 Å². The second-order valence-electron chi connectivity index (χ2n) is 5.59. The summed E-state index contributed by atoms with van der Waals surface area (Å²) in [6.45, 7) is 2.32. The molecule has 0 aliphatic heterocycles. The first-order valence-corrected chi connectivity index (χ1v) is 7.65. The van der Waals surface area contributed by atoms with Crippen molar-refractivity contribution in [2.75, 3.05) is 6.61 Å². The molecule has 1 atom stereocenters. The van der Waals surface area contributed by atoms with Gasteiger partial charge in [-0.05, 0) is 37.5 Å². The second kappa shape index (κ2) is 7.91. The molecular formula is C17H24N2O. The lowest BCUT2D eigenvalue weighted by molar-refractivity contribution is 0.367. The zero-order valence-corrected chi connectivity index (χ0v) is 12.3. The molecule has 3 heteroatoms. The molecular weight excluding hydrogens is 248 g/mol. The number of nitrogens with zero attached hydrogens (tertiary/aromatic N) is 1. The third kappa shape index (κ3) is 4.54. The molecule has 0 heterocycles. The second-order valence-corrected chi connectivity index (χ2v) is 5.59. The summed E-state index contributed by atoms with van der Waals surface area (Å²) in [6.07, 6.45) is 8.08. The zero-order valence-electron chi connectivity index (χ0n) is 12.3. The van der Waals surface area contributed by atoms with Crippen molar-refractivity contribution in [3.05, 3.63) is 29.8 Å². The van der Waals surface area contributed by atoms with Crippen LogP contribution in [-0.2, 0) is 0 Å². The standard InChI is InChI=1S/C17H24N2O/c1-14(19-16-6-4-2-3-5-7-16)15-8-10-17(11-9-15)20-13-12-18/h8-11,14,16,19H,2-7,13H2,1H3. The number of nitriles is 1. The summed E-state index contributed by atoms with van der Waals surface area (Å²) in [6, 6.07) is 11.1. The fraction of sp³-hybridized carbons (Fsp3) is 0.588. The minimum absolute atomic E-state index is 0.106. The average molecular weight is 272 g/mol. The van der Waals surface area contributed by atoms with E-state index in [1.807, 2.05) is 18.2 Å². The van der Waals surface area contributed by atoms with Crippen molar-refractivity contribution in [2.45, 2.75) is 57.5 Å². The van der Waals surface area contributed by atoms with Crippen molar-refractivity contribution < 1.29 is 4.74 Å². The molecule has 0 aromatic heterocycles. The van der Waals surface area contributed by atoms with Crippen molar-refractivity contribution in [1.29, 1.82) is 5.26 Å². The Morgan fingerprint density at radius 2 is 1.85 bits per heavy atom. The predicted octanol–water partition coefficient (Wildman–Crippen LogP) is 3.96. The normalized spacial score (nSPS) is 18.0. The van der Waals surface area contributed by atoms with Gasteiger partial charge in [-0.25, -0.2) is 0 Å². The lowest BCUT2D eigenvalue weighted by Gasteiger charge is -2.22. The van der Waals surface area contributed by atoms with Gasteiger partial charge in [-0.3, -0.25) is 0 Å². The molecule has 1 saturated carbocycles. The summed E-state index contributed by atoms with van der Waals surface area (Å²) >= 11 is 0. The number of hydrogen-bond donors (Lipinski definition) is 1. The van der Waals surface area contributed by atoms with Gasteiger partial charge in [0.05, 0.1) is 0 Å². The number of rotatable bonds is 5. The molecule has 0 radical (unpaired) electrons. The minimum atomic E-state index is 0.106. The Labute approximate surface area is 121 Å². The van der Waals surface area contributed by atoms with Crippen LogP contribution in [0.15, 0.2) is 24.3 Å². The third-order valence-electron chi connectivity index (χ3n) is 4.02. The van der Waals surface area contributed by atoms with Crippen molar-refractivity contribution >= 4 is 0 Å². The highest BCUT2D eigenvalue weighted by atomic mass is 16.5. The molecule has 2 rings (SSSR count). The third-order valence-corrected chi connectivity index (χ3v) is 4.02. The molecule has 0 spiro atoms. The van der Waals surface area contributed by atoms with Crippen LogP contribution < -0.4 is 10.1 Å². The van der Waals surface area contributed by atoms with E-state index in [9.17, 15) is 0 Å². The largest absolute Gasteiger partial charge is 0.479 e. The van der Waals surface area contributed by atoms with Gasteiger partial charge in [0.25, 0.3) is 0 Å². The molecule has 20 heavy (non-hydrogen) atoms. The van der Waals surface area contributed by atoms with Crippen LogP contribution in [0.2, 0.25) is 0 Å². The van der Waals surface area contributed by atoms with Gasteiger partial charge in [0.15, 0.2) is 6.61 Å². The quantitative estimate of drug-likeness (QED) is 0.825. The minimum Gasteiger partial charge on any atom is -0.479 e. The van der Waals surface area contributed by atoms with E-state index in [1.165, 1.54) is 44.1 Å². The summed E-state index contributed by atoms with van der Waals surface area (Å²) in [7, 11) is 0. The maximum absolute atomic E-state index is 8.49. The number of nitrogens with one attached hydrogen (secondary N) is 1. The SMILES string of the molecule is CC(NC1CCCCCC1)c1ccc(OCC#N)cc1. The van der Waals surface area contributed by atoms with Gasteiger partial charge in [-0.2, -0.15) is 5.26 Å². The van der Waals surface area contributed by atoms with Crippen LogP contribution in [0, 0.1) is 11.3 Å². The highest BCUT2D eigenvalue weighted by Crippen LogP contribution is 2.22. The van der Waals surface area contributed by atoms with Crippen LogP contribution in [-0.4, -0.2) is 12.6 Å². The fourth-order valence-corrected chi connectivity index (χ4v) is 2.86. The van der Waals surface area contributed by atoms with E-state index < -0.39 is 0 Å². The first-order chi connectivity index (χ1) is 9.79. The summed E-state index contributed by atoms with van der Waals surface area (Å²) in [5.41, 5.74) is 1.28. The van der Waals surface area contributed by atoms with E-state index >= 15 is 0 Å². The van der Waals surface area contributed by atoms with Gasteiger partial charge in [-0.15, -0.1) is 0 Å². The Morgan fingerprint density at radius 1 is 1.20 bits per heavy atom. The van der Waals surface area contributed by atoms with Crippen LogP contribution in [0.4, 0.5) is 0 Å². The van der Waals surface area contributed by atoms with Crippen LogP contribution in [0.3, 0.4) is 0 Å². The molecule has 1 aliphatic carbocycles. The van der Waals surface area contributed by atoms with E-state index in [2.05, 4.69) is 24.4 Å². The molecule has 1 fully saturated rings. The number of ether oxygens (including phenoxy) is 1. The van der Waals surface area contributed by atoms with Gasteiger partial charge >= 0.3 is 0 Å². The first-order valence-electron chi connectivity index (χ1n) is 7.65. The maximum atomic E-state index is 8.49. The smallest absolute Gasteiger partial charge is 0.174 e. The fourth-order valence-electron chi connectivity index (χ4n) is 2.86. The maximum Gasteiger partial charge on any atom is 0.174 e. The van der Waals surface area contributed by atoms with Gasteiger partial charge in [-0.1, -0.05) is 37.8 Å². The van der Waals surface area contributed by atoms with Crippen molar-refractivity contribution in [3.63, 3.8) is 0 Å². The lowest BCUT2D eigenvalue weighted by atomic mass is 10.0. The van der Waals surface area contributed by atoms with Gasteiger partial charge in [0.1, 0.15) is 11.8 Å². The molecule has 1 unspecified atom stereocenters. The highest BCUT2D eigenvalue weighted by Gasteiger charge is 2.15. The Balaban J connectivity index is 1.88. The van der Waals surface area contributed by atoms with E-state index in [-0.39, 0.29) is 6.61 Å². The molecule has 0 bridgehead atoms. The number of benzene rings is 1. The molecule has 3 nitrogen and oxygen atoms in total. The number of hydrogen-bond acceptors (Lipinski definition) is 3. The Morgan fingerprint density at radius 3 is 2.45 bits per heavy atom. The van der Waals surface area contributed by atoms with E-state index in [0.717, 1.165) is 5.75 Å². The Kier molecular flexibility index (Phi) is 5.88. The van der Waals surface area contributed by atoms with Crippen molar-refractivity contribution in [1.82, 2.24) is 5.32 Å². The molecule has 0 saturated heterocycles. The Bertz CT molecular complexity index is 427. The van der Waals surface area contributed by atoms with Crippen LogP contribution in [0.1, 0.15) is 57.1 Å². The van der Waals surface area contributed by atoms with Crippen molar-refractivity contribution in [2.24, 2.45) is 0 Å². The lowest BCUT2D eigenvalue weighted by Crippen LogP contribution is -2.31. The first kappa shape index (κ1) is 14.9. The molecule has 0 amide bonds. The molecule has 1 aromatic rings. The van der Waals surface area contributed by atoms with Crippen LogP contribution in [0.5, 0.6) is 5.75 Å². The summed E-state index contributed by atoms with van der Waals surface area (Å²) < 4.78 is 5.27. The van der Waals surface area contributed by atoms with Crippen molar-refractivity contribution in [3.8, 4) is 11.8 Å². The summed E-state index contributed by atoms with van der Waals surface area (Å²) in [5.74, 6) is 0.761. The topological polar surface area (TPSA) is 45.0 Å².